The molecule has 10 heteroatoms. The van der Waals surface area contributed by atoms with Gasteiger partial charge < -0.3 is 16.0 Å². The minimum Gasteiger partial charge on any atom is -0.326 e. The van der Waals surface area contributed by atoms with Crippen LogP contribution in [-0.4, -0.2) is 21.8 Å². The number of nitrogens with one attached hydrogen (secondary N) is 4. The van der Waals surface area contributed by atoms with Crippen molar-refractivity contribution in [3.63, 3.8) is 0 Å². The van der Waals surface area contributed by atoms with Gasteiger partial charge in [0.1, 0.15) is 11.6 Å². The Morgan fingerprint density at radius 2 is 1.87 bits per heavy atom. The van der Waals surface area contributed by atoms with Gasteiger partial charge in [0, 0.05) is 17.8 Å². The first-order valence-corrected chi connectivity index (χ1v) is 9.71. The molecule has 2 aromatic carbocycles. The number of carbonyl (C=O) groups excluding carboxylic acids is 2. The largest absolute Gasteiger partial charge is 0.326 e. The Morgan fingerprint density at radius 3 is 2.58 bits per heavy atom. The second kappa shape index (κ2) is 8.19. The van der Waals surface area contributed by atoms with Crippen LogP contribution in [0.3, 0.4) is 0 Å². The first-order chi connectivity index (χ1) is 14.8. The number of aryl methyl sites for hydroxylation is 1. The molecule has 8 nitrogen and oxygen atoms in total. The van der Waals surface area contributed by atoms with Gasteiger partial charge in [-0.1, -0.05) is 29.3 Å². The second-order valence-electron chi connectivity index (χ2n) is 7.09. The zero-order chi connectivity index (χ0) is 22.1. The molecule has 1 atom stereocenters. The van der Waals surface area contributed by atoms with Gasteiger partial charge in [-0.25, -0.2) is 4.39 Å². The summed E-state index contributed by atoms with van der Waals surface area (Å²) < 4.78 is 13.3. The minimum atomic E-state index is -1.07. The van der Waals surface area contributed by atoms with E-state index in [9.17, 15) is 18.8 Å². The molecule has 0 radical (unpaired) electrons. The van der Waals surface area contributed by atoms with Crippen LogP contribution >= 0.6 is 11.6 Å². The molecule has 0 saturated carbocycles. The number of anilines is 4. The third kappa shape index (κ3) is 4.41. The van der Waals surface area contributed by atoms with Gasteiger partial charge in [0.05, 0.1) is 16.5 Å². The number of benzene rings is 2. The van der Waals surface area contributed by atoms with E-state index >= 15 is 0 Å². The quantitative estimate of drug-likeness (QED) is 0.493. The van der Waals surface area contributed by atoms with Crippen LogP contribution in [0.1, 0.15) is 23.5 Å². The van der Waals surface area contributed by atoms with E-state index in [1.54, 1.807) is 0 Å². The van der Waals surface area contributed by atoms with Crippen molar-refractivity contribution in [2.24, 2.45) is 0 Å². The number of hydrogen-bond acceptors (Lipinski definition) is 5. The Morgan fingerprint density at radius 1 is 1.16 bits per heavy atom. The summed E-state index contributed by atoms with van der Waals surface area (Å²) >= 11 is 5.74. The fourth-order valence-electron chi connectivity index (χ4n) is 3.23. The Balaban J connectivity index is 1.63. The van der Waals surface area contributed by atoms with Gasteiger partial charge in [0.2, 0.25) is 17.8 Å². The van der Waals surface area contributed by atoms with Crippen molar-refractivity contribution in [1.29, 1.82) is 0 Å². The highest BCUT2D eigenvalue weighted by Crippen LogP contribution is 2.30. The number of H-pyrrole nitrogens is 1. The number of amides is 2. The number of rotatable bonds is 4. The standard InChI is InChI=1S/C21H17ClFN5O3/c1-10-2-4-11(5-3-10)25-21-27-18-17(20(31)28-21)13(9-16(29)26-18)19(30)24-12-6-7-15(23)14(22)8-12/h2-8,13H,9H2,1H3,(H,24,30)(H3,25,26,27,28,29,31). The van der Waals surface area contributed by atoms with Crippen molar-refractivity contribution < 1.29 is 14.0 Å². The summed E-state index contributed by atoms with van der Waals surface area (Å²) in [7, 11) is 0. The number of halogens is 2. The molecule has 3 aromatic rings. The highest BCUT2D eigenvalue weighted by Gasteiger charge is 2.34. The molecular formula is C21H17ClFN5O3. The Kier molecular flexibility index (Phi) is 5.43. The molecule has 0 saturated heterocycles. The predicted molar refractivity (Wildman–Crippen MR) is 115 cm³/mol. The van der Waals surface area contributed by atoms with Crippen LogP contribution in [0.15, 0.2) is 47.3 Å². The molecule has 0 fully saturated rings. The second-order valence-corrected chi connectivity index (χ2v) is 7.50. The van der Waals surface area contributed by atoms with Gasteiger partial charge in [0.25, 0.3) is 5.56 Å². The van der Waals surface area contributed by atoms with E-state index in [-0.39, 0.29) is 34.5 Å². The van der Waals surface area contributed by atoms with Gasteiger partial charge in [-0.15, -0.1) is 0 Å². The molecule has 1 aromatic heterocycles. The van der Waals surface area contributed by atoms with E-state index < -0.39 is 29.1 Å². The summed E-state index contributed by atoms with van der Waals surface area (Å²) in [6.07, 6.45) is -0.233. The van der Waals surface area contributed by atoms with Crippen molar-refractivity contribution in [3.05, 3.63) is 74.8 Å². The van der Waals surface area contributed by atoms with Gasteiger partial charge >= 0.3 is 0 Å². The Labute approximate surface area is 180 Å². The molecule has 0 bridgehead atoms. The lowest BCUT2D eigenvalue weighted by Gasteiger charge is -2.23. The summed E-state index contributed by atoms with van der Waals surface area (Å²) in [5, 5.41) is 7.90. The number of aromatic nitrogens is 2. The lowest BCUT2D eigenvalue weighted by molar-refractivity contribution is -0.123. The molecule has 2 heterocycles. The Hall–Kier alpha value is -3.72. The highest BCUT2D eigenvalue weighted by molar-refractivity contribution is 6.31. The van der Waals surface area contributed by atoms with Crippen molar-refractivity contribution >= 4 is 46.6 Å². The van der Waals surface area contributed by atoms with E-state index in [1.807, 2.05) is 31.2 Å². The van der Waals surface area contributed by atoms with Crippen LogP contribution in [0.5, 0.6) is 0 Å². The van der Waals surface area contributed by atoms with E-state index in [2.05, 4.69) is 25.9 Å². The van der Waals surface area contributed by atoms with Crippen molar-refractivity contribution in [2.45, 2.75) is 19.3 Å². The maximum Gasteiger partial charge on any atom is 0.258 e. The molecule has 158 valence electrons. The fourth-order valence-corrected chi connectivity index (χ4v) is 3.41. The predicted octanol–water partition coefficient (Wildman–Crippen LogP) is 3.68. The van der Waals surface area contributed by atoms with E-state index in [1.165, 1.54) is 12.1 Å². The summed E-state index contributed by atoms with van der Waals surface area (Å²) in [6, 6.07) is 11.1. The van der Waals surface area contributed by atoms with Crippen LogP contribution in [0.4, 0.5) is 27.5 Å². The van der Waals surface area contributed by atoms with Gasteiger partial charge in [-0.05, 0) is 37.3 Å². The third-order valence-electron chi connectivity index (χ3n) is 4.77. The van der Waals surface area contributed by atoms with Crippen LogP contribution < -0.4 is 21.5 Å². The zero-order valence-electron chi connectivity index (χ0n) is 16.3. The lowest BCUT2D eigenvalue weighted by atomic mass is 9.92. The van der Waals surface area contributed by atoms with Crippen molar-refractivity contribution in [3.8, 4) is 0 Å². The minimum absolute atomic E-state index is 0.00639. The molecule has 2 amide bonds. The summed E-state index contributed by atoms with van der Waals surface area (Å²) in [5.74, 6) is -2.63. The molecule has 4 N–H and O–H groups in total. The number of fused-ring (bicyclic) bond motifs is 1. The molecule has 1 aliphatic heterocycles. The number of carbonyl (C=O) groups is 2. The van der Waals surface area contributed by atoms with Crippen LogP contribution in [-0.2, 0) is 9.59 Å². The maximum absolute atomic E-state index is 13.3. The zero-order valence-corrected chi connectivity index (χ0v) is 17.0. The number of hydrogen-bond donors (Lipinski definition) is 4. The lowest BCUT2D eigenvalue weighted by Crippen LogP contribution is -2.36. The van der Waals surface area contributed by atoms with Gasteiger partial charge in [-0.3, -0.25) is 19.4 Å². The van der Waals surface area contributed by atoms with Crippen molar-refractivity contribution in [2.75, 3.05) is 16.0 Å². The average Bonchev–Trinajstić information content (AvgIpc) is 2.71. The molecule has 1 aliphatic rings. The Bertz CT molecular complexity index is 1240. The summed E-state index contributed by atoms with van der Waals surface area (Å²) in [4.78, 5) is 44.6. The number of nitrogens with zero attached hydrogens (tertiary/aromatic N) is 1. The molecule has 31 heavy (non-hydrogen) atoms. The SMILES string of the molecule is Cc1ccc(Nc2nc3c(c(=O)[nH]2)C(C(=O)Nc2ccc(F)c(Cl)c2)CC(=O)N3)cc1. The third-order valence-corrected chi connectivity index (χ3v) is 5.06. The first kappa shape index (κ1) is 20.5. The van der Waals surface area contributed by atoms with Gasteiger partial charge in [0.15, 0.2) is 0 Å². The molecule has 0 aliphatic carbocycles. The van der Waals surface area contributed by atoms with E-state index in [0.717, 1.165) is 11.6 Å². The molecule has 4 rings (SSSR count). The van der Waals surface area contributed by atoms with Crippen LogP contribution in [0.25, 0.3) is 0 Å². The van der Waals surface area contributed by atoms with Crippen molar-refractivity contribution in [1.82, 2.24) is 9.97 Å². The highest BCUT2D eigenvalue weighted by atomic mass is 35.5. The molecule has 1 unspecified atom stereocenters. The number of aromatic amines is 1. The van der Waals surface area contributed by atoms with E-state index in [0.29, 0.717) is 5.69 Å². The van der Waals surface area contributed by atoms with Crippen LogP contribution in [0, 0.1) is 12.7 Å². The normalized spacial score (nSPS) is 15.1. The summed E-state index contributed by atoms with van der Waals surface area (Å²) in [5.41, 5.74) is 1.49. The first-order valence-electron chi connectivity index (χ1n) is 9.34. The monoisotopic (exact) mass is 441 g/mol. The summed E-state index contributed by atoms with van der Waals surface area (Å²) in [6.45, 7) is 1.95. The topological polar surface area (TPSA) is 116 Å². The van der Waals surface area contributed by atoms with Crippen LogP contribution in [0.2, 0.25) is 5.02 Å². The molecular weight excluding hydrogens is 425 g/mol. The van der Waals surface area contributed by atoms with Gasteiger partial charge in [-0.2, -0.15) is 4.98 Å². The smallest absolute Gasteiger partial charge is 0.258 e. The maximum atomic E-state index is 13.3. The van der Waals surface area contributed by atoms with E-state index in [4.69, 9.17) is 11.6 Å². The molecule has 0 spiro atoms. The average molecular weight is 442 g/mol. The fraction of sp³-hybridized carbons (Fsp3) is 0.143.